The van der Waals surface area contributed by atoms with Crippen LogP contribution in [0.3, 0.4) is 0 Å². The molecule has 0 radical (unpaired) electrons. The molecular weight excluding hydrogens is 232 g/mol. The van der Waals surface area contributed by atoms with E-state index in [4.69, 9.17) is 11.6 Å². The molecule has 7 nitrogen and oxygen atoms in total. The van der Waals surface area contributed by atoms with Gasteiger partial charge in [0.1, 0.15) is 23.5 Å². The number of primary amides is 1. The molecule has 0 bridgehead atoms. The van der Waals surface area contributed by atoms with Crippen molar-refractivity contribution in [2.24, 2.45) is 11.6 Å². The molecule has 6 N–H and O–H groups in total. The van der Waals surface area contributed by atoms with Gasteiger partial charge in [0.15, 0.2) is 0 Å². The zero-order valence-corrected chi connectivity index (χ0v) is 11.1. The third-order valence-electron chi connectivity index (χ3n) is 2.60. The number of anilines is 2. The maximum absolute atomic E-state index is 11.1. The fourth-order valence-electron chi connectivity index (χ4n) is 1.35. The van der Waals surface area contributed by atoms with Gasteiger partial charge < -0.3 is 16.5 Å². The number of carbonyl (C=O) groups excluding carboxylic acids is 1. The normalized spacial score (nSPS) is 12.3. The number of aromatic nitrogens is 2. The summed E-state index contributed by atoms with van der Waals surface area (Å²) >= 11 is 0. The lowest BCUT2D eigenvalue weighted by Crippen LogP contribution is -2.33. The molecule has 0 aliphatic carbocycles. The summed E-state index contributed by atoms with van der Waals surface area (Å²) in [6, 6.07) is -0.510. The second-order valence-corrected chi connectivity index (χ2v) is 4.47. The summed E-state index contributed by atoms with van der Waals surface area (Å²) in [6.07, 6.45) is 0. The summed E-state index contributed by atoms with van der Waals surface area (Å²) < 4.78 is 0. The second-order valence-electron chi connectivity index (χ2n) is 4.47. The Labute approximate surface area is 106 Å². The van der Waals surface area contributed by atoms with Crippen LogP contribution in [0.4, 0.5) is 11.6 Å². The summed E-state index contributed by atoms with van der Waals surface area (Å²) in [6.45, 7) is 7.45. The van der Waals surface area contributed by atoms with Crippen molar-refractivity contribution in [3.63, 3.8) is 0 Å². The Balaban J connectivity index is 3.16. The van der Waals surface area contributed by atoms with Crippen LogP contribution in [0, 0.1) is 6.92 Å². The number of hydrogen-bond acceptors (Lipinski definition) is 6. The van der Waals surface area contributed by atoms with Gasteiger partial charge in [-0.25, -0.2) is 15.8 Å². The van der Waals surface area contributed by atoms with Crippen LogP contribution in [0.5, 0.6) is 0 Å². The first-order chi connectivity index (χ1) is 8.36. The molecular formula is C11H20N6O. The Morgan fingerprint density at radius 2 is 1.78 bits per heavy atom. The fourth-order valence-corrected chi connectivity index (χ4v) is 1.35. The van der Waals surface area contributed by atoms with Crippen molar-refractivity contribution in [2.75, 3.05) is 10.7 Å². The van der Waals surface area contributed by atoms with Crippen molar-refractivity contribution in [1.82, 2.24) is 9.97 Å². The molecule has 1 aromatic rings. The lowest BCUT2D eigenvalue weighted by molar-refractivity contribution is -0.118. The van der Waals surface area contributed by atoms with Gasteiger partial charge in [0.05, 0.1) is 0 Å². The lowest BCUT2D eigenvalue weighted by atomic mass is 10.2. The molecule has 1 aromatic heterocycles. The molecule has 1 heterocycles. The number of carbonyl (C=O) groups is 1. The number of nitrogens with two attached hydrogens (primary N) is 2. The number of rotatable bonds is 5. The highest BCUT2D eigenvalue weighted by molar-refractivity contribution is 5.82. The first-order valence-electron chi connectivity index (χ1n) is 5.77. The highest BCUT2D eigenvalue weighted by atomic mass is 16.1. The number of hydrazine groups is 1. The molecule has 100 valence electrons. The first-order valence-corrected chi connectivity index (χ1v) is 5.77. The van der Waals surface area contributed by atoms with Gasteiger partial charge in [0.2, 0.25) is 5.91 Å². The molecule has 7 heteroatoms. The molecule has 0 saturated carbocycles. The number of nitrogen functional groups attached to an aromatic ring is 1. The maximum Gasteiger partial charge on any atom is 0.239 e. The first kappa shape index (κ1) is 14.2. The fraction of sp³-hybridized carbons (Fsp3) is 0.545. The molecule has 1 amide bonds. The SMILES string of the molecule is Cc1c(NN)nc(C(C)C)nc1NC(C)C(N)=O. The Morgan fingerprint density at radius 1 is 1.22 bits per heavy atom. The summed E-state index contributed by atoms with van der Waals surface area (Å²) in [7, 11) is 0. The second kappa shape index (κ2) is 5.63. The molecule has 1 rings (SSSR count). The van der Waals surface area contributed by atoms with Crippen molar-refractivity contribution in [2.45, 2.75) is 39.7 Å². The van der Waals surface area contributed by atoms with Crippen molar-refractivity contribution in [1.29, 1.82) is 0 Å². The minimum absolute atomic E-state index is 0.155. The molecule has 0 aliphatic heterocycles. The minimum Gasteiger partial charge on any atom is -0.368 e. The van der Waals surface area contributed by atoms with Crippen LogP contribution in [0.15, 0.2) is 0 Å². The van der Waals surface area contributed by atoms with E-state index in [2.05, 4.69) is 20.7 Å². The molecule has 0 spiro atoms. The van der Waals surface area contributed by atoms with Crippen molar-refractivity contribution in [3.8, 4) is 0 Å². The van der Waals surface area contributed by atoms with E-state index in [-0.39, 0.29) is 5.92 Å². The van der Waals surface area contributed by atoms with E-state index in [1.165, 1.54) is 0 Å². The number of amides is 1. The van der Waals surface area contributed by atoms with Crippen molar-refractivity contribution in [3.05, 3.63) is 11.4 Å². The molecule has 0 fully saturated rings. The van der Waals surface area contributed by atoms with Gasteiger partial charge in [-0.05, 0) is 13.8 Å². The number of nitrogens with one attached hydrogen (secondary N) is 2. The zero-order chi connectivity index (χ0) is 13.9. The van der Waals surface area contributed by atoms with Crippen LogP contribution in [-0.4, -0.2) is 21.9 Å². The smallest absolute Gasteiger partial charge is 0.239 e. The highest BCUT2D eigenvalue weighted by Gasteiger charge is 2.16. The summed E-state index contributed by atoms with van der Waals surface area (Å²) in [5.74, 6) is 6.88. The molecule has 0 aromatic carbocycles. The van der Waals surface area contributed by atoms with Gasteiger partial charge >= 0.3 is 0 Å². The predicted molar refractivity (Wildman–Crippen MR) is 70.9 cm³/mol. The molecule has 18 heavy (non-hydrogen) atoms. The van der Waals surface area contributed by atoms with E-state index >= 15 is 0 Å². The van der Waals surface area contributed by atoms with Gasteiger partial charge in [-0.3, -0.25) is 4.79 Å². The third-order valence-corrected chi connectivity index (χ3v) is 2.60. The van der Waals surface area contributed by atoms with E-state index in [1.54, 1.807) is 6.92 Å². The van der Waals surface area contributed by atoms with E-state index in [1.807, 2.05) is 20.8 Å². The summed E-state index contributed by atoms with van der Waals surface area (Å²) in [5, 5.41) is 2.96. The van der Waals surface area contributed by atoms with Gasteiger partial charge in [-0.1, -0.05) is 13.8 Å². The monoisotopic (exact) mass is 252 g/mol. The van der Waals surface area contributed by atoms with Gasteiger partial charge in [0, 0.05) is 11.5 Å². The quantitative estimate of drug-likeness (QED) is 0.447. The van der Waals surface area contributed by atoms with Crippen molar-refractivity contribution < 1.29 is 4.79 Å². The van der Waals surface area contributed by atoms with Crippen LogP contribution in [0.2, 0.25) is 0 Å². The number of hydrogen-bond donors (Lipinski definition) is 4. The Hall–Kier alpha value is -1.89. The van der Waals surface area contributed by atoms with E-state index in [0.717, 1.165) is 5.56 Å². The van der Waals surface area contributed by atoms with Crippen LogP contribution in [-0.2, 0) is 4.79 Å². The summed E-state index contributed by atoms with van der Waals surface area (Å²) in [5.41, 5.74) is 8.49. The topological polar surface area (TPSA) is 119 Å². The standard InChI is InChI=1S/C11H20N6O/c1-5(2)9-15-10(14-7(4)8(12)18)6(3)11(16-9)17-13/h5,7H,13H2,1-4H3,(H2,12,18)(H2,14,15,16,17). The van der Waals surface area contributed by atoms with Crippen LogP contribution >= 0.6 is 0 Å². The maximum atomic E-state index is 11.1. The van der Waals surface area contributed by atoms with Gasteiger partial charge in [-0.2, -0.15) is 0 Å². The number of nitrogens with zero attached hydrogens (tertiary/aromatic N) is 2. The summed E-state index contributed by atoms with van der Waals surface area (Å²) in [4.78, 5) is 19.7. The van der Waals surface area contributed by atoms with Crippen LogP contribution in [0.1, 0.15) is 38.1 Å². The molecule has 1 atom stereocenters. The largest absolute Gasteiger partial charge is 0.368 e. The average Bonchev–Trinajstić information content (AvgIpc) is 2.31. The third kappa shape index (κ3) is 3.07. The van der Waals surface area contributed by atoms with Gasteiger partial charge in [-0.15, -0.1) is 0 Å². The molecule has 1 unspecified atom stereocenters. The minimum atomic E-state index is -0.510. The van der Waals surface area contributed by atoms with Crippen LogP contribution in [0.25, 0.3) is 0 Å². The average molecular weight is 252 g/mol. The van der Waals surface area contributed by atoms with Gasteiger partial charge in [0.25, 0.3) is 0 Å². The van der Waals surface area contributed by atoms with E-state index < -0.39 is 11.9 Å². The highest BCUT2D eigenvalue weighted by Crippen LogP contribution is 2.22. The van der Waals surface area contributed by atoms with Crippen molar-refractivity contribution >= 4 is 17.5 Å². The zero-order valence-electron chi connectivity index (χ0n) is 11.1. The lowest BCUT2D eigenvalue weighted by Gasteiger charge is -2.17. The van der Waals surface area contributed by atoms with E-state index in [9.17, 15) is 4.79 Å². The van der Waals surface area contributed by atoms with Crippen LogP contribution < -0.4 is 22.3 Å². The Kier molecular flexibility index (Phi) is 4.43. The van der Waals surface area contributed by atoms with E-state index in [0.29, 0.717) is 17.5 Å². The Morgan fingerprint density at radius 3 is 2.22 bits per heavy atom. The molecule has 0 saturated heterocycles. The predicted octanol–water partition coefficient (Wildman–Crippen LogP) is 0.480. The Bertz CT molecular complexity index is 445. The molecule has 0 aliphatic rings.